The van der Waals surface area contributed by atoms with E-state index in [4.69, 9.17) is 14.2 Å². The average Bonchev–Trinajstić information content (AvgIpc) is 3.26. The van der Waals surface area contributed by atoms with Gasteiger partial charge in [-0.15, -0.1) is 0 Å². The van der Waals surface area contributed by atoms with E-state index in [9.17, 15) is 14.4 Å². The highest BCUT2D eigenvalue weighted by molar-refractivity contribution is 6.00. The van der Waals surface area contributed by atoms with Gasteiger partial charge >= 0.3 is 0 Å². The van der Waals surface area contributed by atoms with Gasteiger partial charge in [-0.25, -0.2) is 14.1 Å². The topological polar surface area (TPSA) is 103 Å². The summed E-state index contributed by atoms with van der Waals surface area (Å²) < 4.78 is 31.9. The van der Waals surface area contributed by atoms with Crippen molar-refractivity contribution in [1.82, 2.24) is 19.7 Å². The molecule has 2 aromatic heterocycles. The lowest BCUT2D eigenvalue weighted by Gasteiger charge is -2.28. The molecule has 0 saturated carbocycles. The van der Waals surface area contributed by atoms with Crippen LogP contribution in [0.2, 0.25) is 0 Å². The number of benzene rings is 1. The Labute approximate surface area is 196 Å². The van der Waals surface area contributed by atoms with Crippen molar-refractivity contribution in [2.45, 2.75) is 32.9 Å². The van der Waals surface area contributed by atoms with E-state index in [1.54, 1.807) is 23.2 Å². The summed E-state index contributed by atoms with van der Waals surface area (Å²) in [5, 5.41) is 14.0. The molecule has 4 rings (SSSR count). The van der Waals surface area contributed by atoms with Crippen LogP contribution in [0.1, 0.15) is 41.0 Å². The Morgan fingerprint density at radius 1 is 1.26 bits per heavy atom. The minimum Gasteiger partial charge on any atom is -0.494 e. The van der Waals surface area contributed by atoms with Crippen molar-refractivity contribution in [2.75, 3.05) is 20.8 Å². The van der Waals surface area contributed by atoms with Crippen LogP contribution < -0.4 is 14.2 Å². The van der Waals surface area contributed by atoms with Crippen molar-refractivity contribution >= 4 is 5.91 Å². The lowest BCUT2D eigenvalue weighted by Crippen LogP contribution is -2.36. The van der Waals surface area contributed by atoms with Crippen LogP contribution in [0.5, 0.6) is 17.4 Å². The number of rotatable bonds is 6. The minimum absolute atomic E-state index is 0.176. The molecule has 0 N–H and O–H groups in total. The van der Waals surface area contributed by atoms with Crippen LogP contribution in [-0.4, -0.2) is 52.4 Å². The molecular weight excluding hydrogens is 441 g/mol. The highest BCUT2D eigenvalue weighted by atomic mass is 19.1. The van der Waals surface area contributed by atoms with Gasteiger partial charge in [-0.2, -0.15) is 10.4 Å². The van der Waals surface area contributed by atoms with E-state index >= 15 is 0 Å². The number of halogens is 1. The second-order valence-electron chi connectivity index (χ2n) is 8.00. The second-order valence-corrected chi connectivity index (χ2v) is 8.00. The van der Waals surface area contributed by atoms with Crippen LogP contribution in [0.15, 0.2) is 30.6 Å². The van der Waals surface area contributed by atoms with E-state index in [0.717, 1.165) is 17.5 Å². The Morgan fingerprint density at radius 3 is 2.74 bits per heavy atom. The zero-order valence-electron chi connectivity index (χ0n) is 19.3. The molecule has 3 aromatic rings. The molecule has 1 amide bonds. The maximum atomic E-state index is 13.8. The summed E-state index contributed by atoms with van der Waals surface area (Å²) in [7, 11) is 2.87. The third-order valence-electron chi connectivity index (χ3n) is 5.40. The number of hydrogen-bond donors (Lipinski definition) is 0. The molecule has 1 aliphatic rings. The van der Waals surface area contributed by atoms with Gasteiger partial charge in [0.2, 0.25) is 5.88 Å². The number of carbonyl (C=O) groups excluding carboxylic acids is 1. The Hall–Kier alpha value is -4.13. The van der Waals surface area contributed by atoms with Crippen molar-refractivity contribution in [3.8, 4) is 29.1 Å². The Balaban J connectivity index is 1.68. The largest absolute Gasteiger partial charge is 0.494 e. The first-order valence-electron chi connectivity index (χ1n) is 10.7. The van der Waals surface area contributed by atoms with Crippen LogP contribution in [0, 0.1) is 17.1 Å². The summed E-state index contributed by atoms with van der Waals surface area (Å²) in [6.07, 6.45) is 3.14. The maximum Gasteiger partial charge on any atom is 0.261 e. The van der Waals surface area contributed by atoms with Gasteiger partial charge in [0.15, 0.2) is 5.75 Å². The fraction of sp³-hybridized carbons (Fsp3) is 0.333. The smallest absolute Gasteiger partial charge is 0.261 e. The van der Waals surface area contributed by atoms with Crippen LogP contribution in [-0.2, 0) is 13.0 Å². The van der Waals surface area contributed by atoms with E-state index in [1.165, 1.54) is 25.0 Å². The third-order valence-corrected chi connectivity index (χ3v) is 5.40. The molecule has 3 heterocycles. The van der Waals surface area contributed by atoms with Crippen molar-refractivity contribution in [3.05, 3.63) is 58.8 Å². The maximum absolute atomic E-state index is 13.8. The van der Waals surface area contributed by atoms with Crippen LogP contribution in [0.4, 0.5) is 4.39 Å². The summed E-state index contributed by atoms with van der Waals surface area (Å²) >= 11 is 0. The molecule has 0 saturated heterocycles. The van der Waals surface area contributed by atoms with E-state index in [-0.39, 0.29) is 41.3 Å². The highest BCUT2D eigenvalue weighted by Crippen LogP contribution is 2.35. The number of nitrogens with zero attached hydrogens (tertiary/aromatic N) is 5. The zero-order chi connectivity index (χ0) is 24.4. The Kier molecular flexibility index (Phi) is 6.36. The predicted octanol–water partition coefficient (Wildman–Crippen LogP) is 3.28. The molecular formula is C24H24FN5O4. The van der Waals surface area contributed by atoms with Crippen molar-refractivity contribution in [3.63, 3.8) is 0 Å². The molecule has 0 aliphatic carbocycles. The fourth-order valence-corrected chi connectivity index (χ4v) is 3.93. The number of fused-ring (bicyclic) bond motifs is 1. The number of hydrogen-bond acceptors (Lipinski definition) is 7. The number of amides is 1. The molecule has 176 valence electrons. The molecule has 1 aliphatic heterocycles. The first kappa shape index (κ1) is 23.0. The molecule has 1 aromatic carbocycles. The first-order chi connectivity index (χ1) is 16.4. The number of ether oxygens (including phenoxy) is 3. The van der Waals surface area contributed by atoms with Crippen LogP contribution >= 0.6 is 0 Å². The number of methoxy groups -OCH3 is 2. The predicted molar refractivity (Wildman–Crippen MR) is 120 cm³/mol. The van der Waals surface area contributed by atoms with E-state index in [1.807, 2.05) is 13.8 Å². The monoisotopic (exact) mass is 465 g/mol. The van der Waals surface area contributed by atoms with Crippen LogP contribution in [0.25, 0.3) is 5.69 Å². The quantitative estimate of drug-likeness (QED) is 0.550. The number of nitriles is 1. The molecule has 0 radical (unpaired) electrons. The van der Waals surface area contributed by atoms with Crippen LogP contribution in [0.3, 0.4) is 0 Å². The van der Waals surface area contributed by atoms with Gasteiger partial charge in [-0.05, 0) is 26.0 Å². The van der Waals surface area contributed by atoms with Gasteiger partial charge in [0.05, 0.1) is 37.8 Å². The standard InChI is InChI=1S/C24H24FN5O4/c1-14(2)34-20-6-5-15(10-26)22(32-3)21(20)24(31)29-8-7-18-16(12-29)13-30(28-18)19-9-17(25)11-27-23(19)33-4/h5-6,9,11,13-14H,7-8,12H2,1-4H3. The summed E-state index contributed by atoms with van der Waals surface area (Å²) in [5.74, 6) is -0.0467. The molecule has 0 atom stereocenters. The van der Waals surface area contributed by atoms with E-state index in [2.05, 4.69) is 16.2 Å². The lowest BCUT2D eigenvalue weighted by atomic mass is 10.0. The zero-order valence-corrected chi connectivity index (χ0v) is 19.3. The Morgan fingerprint density at radius 2 is 2.06 bits per heavy atom. The van der Waals surface area contributed by atoms with Gasteiger partial charge < -0.3 is 19.1 Å². The van der Waals surface area contributed by atoms with Crippen molar-refractivity contribution in [2.24, 2.45) is 0 Å². The third kappa shape index (κ3) is 4.24. The number of aromatic nitrogens is 3. The first-order valence-corrected chi connectivity index (χ1v) is 10.7. The number of carbonyl (C=O) groups is 1. The molecule has 0 spiro atoms. The second kappa shape index (κ2) is 9.39. The fourth-order valence-electron chi connectivity index (χ4n) is 3.93. The van der Waals surface area contributed by atoms with Gasteiger partial charge in [-0.1, -0.05) is 0 Å². The lowest BCUT2D eigenvalue weighted by molar-refractivity contribution is 0.0724. The van der Waals surface area contributed by atoms with Crippen molar-refractivity contribution < 1.29 is 23.4 Å². The van der Waals surface area contributed by atoms with Gasteiger partial charge in [0.25, 0.3) is 5.91 Å². The minimum atomic E-state index is -0.511. The molecule has 0 fully saturated rings. The number of pyridine rings is 1. The summed E-state index contributed by atoms with van der Waals surface area (Å²) in [6.45, 7) is 4.40. The summed E-state index contributed by atoms with van der Waals surface area (Å²) in [4.78, 5) is 19.2. The molecule has 34 heavy (non-hydrogen) atoms. The van der Waals surface area contributed by atoms with Crippen molar-refractivity contribution in [1.29, 1.82) is 5.26 Å². The van der Waals surface area contributed by atoms with E-state index < -0.39 is 5.82 Å². The summed E-state index contributed by atoms with van der Waals surface area (Å²) in [6, 6.07) is 6.55. The Bertz CT molecular complexity index is 1280. The molecule has 10 heteroatoms. The molecule has 0 unspecified atom stereocenters. The highest BCUT2D eigenvalue weighted by Gasteiger charge is 2.30. The van der Waals surface area contributed by atoms with Gasteiger partial charge in [-0.3, -0.25) is 4.79 Å². The normalized spacial score (nSPS) is 12.8. The van der Waals surface area contributed by atoms with Gasteiger partial charge in [0, 0.05) is 37.3 Å². The average molecular weight is 465 g/mol. The molecule has 9 nitrogen and oxygen atoms in total. The summed E-state index contributed by atoms with van der Waals surface area (Å²) in [5.41, 5.74) is 2.44. The van der Waals surface area contributed by atoms with Gasteiger partial charge in [0.1, 0.15) is 28.9 Å². The molecule has 0 bridgehead atoms. The SMILES string of the molecule is COc1ncc(F)cc1-n1cc2c(n1)CCN(C(=O)c1c(OC(C)C)ccc(C#N)c1OC)C2. The van der Waals surface area contributed by atoms with E-state index in [0.29, 0.717) is 24.4 Å².